The zero-order chi connectivity index (χ0) is 23.9. The predicted molar refractivity (Wildman–Crippen MR) is 134 cm³/mol. The van der Waals surface area contributed by atoms with Gasteiger partial charge in [0.2, 0.25) is 0 Å². The highest BCUT2D eigenvalue weighted by Crippen LogP contribution is 2.25. The average molecular weight is 461 g/mol. The largest absolute Gasteiger partial charge is 0.360 e. The average Bonchev–Trinajstić information content (AvgIpc) is 2.86. The normalized spacial score (nSPS) is 14.6. The number of nitrogens with zero attached hydrogens (tertiary/aromatic N) is 4. The Hall–Kier alpha value is -2.33. The summed E-state index contributed by atoms with van der Waals surface area (Å²) in [6.45, 7) is 15.9. The van der Waals surface area contributed by atoms with Crippen LogP contribution in [0.25, 0.3) is 11.3 Å². The first kappa shape index (κ1) is 27.7. The molecule has 0 radical (unpaired) electrons. The van der Waals surface area contributed by atoms with E-state index in [1.165, 1.54) is 0 Å². The van der Waals surface area contributed by atoms with Gasteiger partial charge in [0.05, 0.1) is 32.5 Å². The molecule has 1 aliphatic rings. The van der Waals surface area contributed by atoms with E-state index in [0.717, 1.165) is 29.8 Å². The lowest BCUT2D eigenvalue weighted by Crippen LogP contribution is -2.52. The molecule has 2 aromatic rings. The monoisotopic (exact) mass is 460 g/mol. The van der Waals surface area contributed by atoms with Crippen LogP contribution in [0.15, 0.2) is 55.0 Å². The first-order valence-corrected chi connectivity index (χ1v) is 12.7. The Bertz CT molecular complexity index is 795. The van der Waals surface area contributed by atoms with Gasteiger partial charge < -0.3 is 9.80 Å². The fraction of sp³-hybridized carbons (Fsp3) is 0.480. The Labute approximate surface area is 195 Å². The summed E-state index contributed by atoms with van der Waals surface area (Å²) in [6, 6.07) is 9.69. The number of hydrogen-bond donors (Lipinski definition) is 0. The molecule has 3 heterocycles. The smallest absolute Gasteiger partial charge is 0.269 e. The molecule has 2 aromatic heterocycles. The van der Waals surface area contributed by atoms with E-state index < -0.39 is 8.89 Å². The number of rotatable bonds is 8. The van der Waals surface area contributed by atoms with Gasteiger partial charge in [-0.05, 0) is 30.7 Å². The SMILES string of the molecule is C=C1C(=O)N(C(CCC)CPF)CCN1Cc1ccc(-c2ccccn2)cn1.CC.CC. The molecule has 3 rings (SSSR count). The van der Waals surface area contributed by atoms with Gasteiger partial charge in [-0.15, -0.1) is 0 Å². The summed E-state index contributed by atoms with van der Waals surface area (Å²) in [5, 5.41) is 0. The molecule has 2 unspecified atom stereocenters. The van der Waals surface area contributed by atoms with Gasteiger partial charge in [-0.3, -0.25) is 14.8 Å². The van der Waals surface area contributed by atoms with E-state index in [1.807, 2.05) is 62.9 Å². The molecule has 0 aliphatic carbocycles. The van der Waals surface area contributed by atoms with Gasteiger partial charge in [0.25, 0.3) is 5.91 Å². The molecule has 32 heavy (non-hydrogen) atoms. The van der Waals surface area contributed by atoms with Crippen molar-refractivity contribution in [2.24, 2.45) is 0 Å². The van der Waals surface area contributed by atoms with Crippen LogP contribution >= 0.6 is 8.89 Å². The minimum absolute atomic E-state index is 0.0319. The van der Waals surface area contributed by atoms with Crippen LogP contribution in [0.5, 0.6) is 0 Å². The van der Waals surface area contributed by atoms with E-state index in [0.29, 0.717) is 31.5 Å². The summed E-state index contributed by atoms with van der Waals surface area (Å²) in [6.07, 6.45) is 5.74. The van der Waals surface area contributed by atoms with Crippen LogP contribution in [0.4, 0.5) is 4.20 Å². The molecule has 0 bridgehead atoms. The van der Waals surface area contributed by atoms with E-state index >= 15 is 0 Å². The number of piperazine rings is 1. The summed E-state index contributed by atoms with van der Waals surface area (Å²) in [7, 11) is -0.640. The second-order valence-electron chi connectivity index (χ2n) is 6.90. The minimum atomic E-state index is -0.640. The van der Waals surface area contributed by atoms with Gasteiger partial charge in [0, 0.05) is 43.3 Å². The van der Waals surface area contributed by atoms with Crippen molar-refractivity contribution in [3.63, 3.8) is 0 Å². The zero-order valence-corrected chi connectivity index (χ0v) is 21.1. The van der Waals surface area contributed by atoms with Crippen LogP contribution in [-0.4, -0.2) is 51.0 Å². The predicted octanol–water partition coefficient (Wildman–Crippen LogP) is 6.09. The fourth-order valence-corrected chi connectivity index (χ4v) is 4.08. The highest BCUT2D eigenvalue weighted by atomic mass is 31.1. The first-order valence-electron chi connectivity index (χ1n) is 11.6. The molecule has 1 amide bonds. The number of aromatic nitrogens is 2. The number of carbonyl (C=O) groups excluding carboxylic acids is 1. The second kappa shape index (κ2) is 15.5. The maximum Gasteiger partial charge on any atom is 0.269 e. The summed E-state index contributed by atoms with van der Waals surface area (Å²) < 4.78 is 12.9. The lowest BCUT2D eigenvalue weighted by atomic mass is 10.1. The van der Waals surface area contributed by atoms with Crippen LogP contribution < -0.4 is 0 Å². The first-order chi connectivity index (χ1) is 15.6. The van der Waals surface area contributed by atoms with Crippen molar-refractivity contribution in [2.45, 2.75) is 60.0 Å². The van der Waals surface area contributed by atoms with E-state index in [-0.39, 0.29) is 11.9 Å². The maximum absolute atomic E-state index is 12.9. The van der Waals surface area contributed by atoms with Crippen LogP contribution in [-0.2, 0) is 11.3 Å². The van der Waals surface area contributed by atoms with Crippen LogP contribution in [0.1, 0.15) is 53.2 Å². The molecule has 0 N–H and O–H groups in total. The van der Waals surface area contributed by atoms with Gasteiger partial charge in [-0.2, -0.15) is 0 Å². The van der Waals surface area contributed by atoms with Gasteiger partial charge in [0.1, 0.15) is 0 Å². The highest BCUT2D eigenvalue weighted by molar-refractivity contribution is 7.31. The Morgan fingerprint density at radius 1 is 1.12 bits per heavy atom. The molecule has 7 heteroatoms. The lowest BCUT2D eigenvalue weighted by Gasteiger charge is -2.40. The number of pyridine rings is 2. The Balaban J connectivity index is 0.00000121. The van der Waals surface area contributed by atoms with Crippen molar-refractivity contribution in [1.29, 1.82) is 0 Å². The molecule has 0 aromatic carbocycles. The third kappa shape index (κ3) is 7.67. The Morgan fingerprint density at radius 2 is 1.88 bits per heavy atom. The molecule has 176 valence electrons. The molecule has 5 nitrogen and oxygen atoms in total. The second-order valence-corrected chi connectivity index (χ2v) is 7.58. The maximum atomic E-state index is 12.9. The molecule has 1 aliphatic heterocycles. The van der Waals surface area contributed by atoms with Crippen molar-refractivity contribution in [3.8, 4) is 11.3 Å². The summed E-state index contributed by atoms with van der Waals surface area (Å²) in [4.78, 5) is 25.4. The number of carbonyl (C=O) groups is 1. The number of hydrogen-bond acceptors (Lipinski definition) is 4. The van der Waals surface area contributed by atoms with E-state index in [2.05, 4.69) is 23.5 Å². The van der Waals surface area contributed by atoms with Crippen LogP contribution in [0, 0.1) is 0 Å². The van der Waals surface area contributed by atoms with Gasteiger partial charge in [0.15, 0.2) is 0 Å². The van der Waals surface area contributed by atoms with Gasteiger partial charge >= 0.3 is 0 Å². The topological polar surface area (TPSA) is 49.3 Å². The van der Waals surface area contributed by atoms with Crippen molar-refractivity contribution >= 4 is 14.8 Å². The fourth-order valence-electron chi connectivity index (χ4n) is 3.48. The van der Waals surface area contributed by atoms with E-state index in [9.17, 15) is 8.99 Å². The van der Waals surface area contributed by atoms with Crippen molar-refractivity contribution < 1.29 is 8.99 Å². The molecular weight excluding hydrogens is 422 g/mol. The number of halogens is 1. The molecule has 0 spiro atoms. The van der Waals surface area contributed by atoms with Gasteiger partial charge in [-0.25, -0.2) is 4.20 Å². The third-order valence-electron chi connectivity index (χ3n) is 5.01. The molecule has 2 atom stereocenters. The van der Waals surface area contributed by atoms with Crippen molar-refractivity contribution in [1.82, 2.24) is 19.8 Å². The van der Waals surface area contributed by atoms with Crippen molar-refractivity contribution in [3.05, 3.63) is 60.7 Å². The molecule has 0 saturated carbocycles. The zero-order valence-electron chi connectivity index (χ0n) is 20.1. The third-order valence-corrected chi connectivity index (χ3v) is 5.64. The van der Waals surface area contributed by atoms with Crippen LogP contribution in [0.3, 0.4) is 0 Å². The van der Waals surface area contributed by atoms with Gasteiger partial charge in [-0.1, -0.05) is 53.7 Å². The van der Waals surface area contributed by atoms with Crippen LogP contribution in [0.2, 0.25) is 0 Å². The van der Waals surface area contributed by atoms with Crippen molar-refractivity contribution in [2.75, 3.05) is 19.3 Å². The summed E-state index contributed by atoms with van der Waals surface area (Å²) in [5.41, 5.74) is 3.17. The Morgan fingerprint density at radius 3 is 2.44 bits per heavy atom. The summed E-state index contributed by atoms with van der Waals surface area (Å²) in [5.74, 6) is -0.0898. The molecule has 1 fully saturated rings. The molecule has 1 saturated heterocycles. The summed E-state index contributed by atoms with van der Waals surface area (Å²) >= 11 is 0. The minimum Gasteiger partial charge on any atom is -0.360 e. The van der Waals surface area contributed by atoms with E-state index in [4.69, 9.17) is 0 Å². The highest BCUT2D eigenvalue weighted by Gasteiger charge is 2.32. The molecular formula is C25H38FN4OP. The lowest BCUT2D eigenvalue weighted by molar-refractivity contribution is -0.133. The quantitative estimate of drug-likeness (QED) is 0.354. The van der Waals surface area contributed by atoms with E-state index in [1.54, 1.807) is 17.3 Å². The number of amides is 1. The standard InChI is InChI=1S/C21H26FN4OP.2C2H6/c1-3-6-19(15-28-22)26-12-11-25(16(2)21(26)27)14-18-9-8-17(13-24-18)20-7-4-5-10-23-20;2*1-2/h4-5,7-10,13,19,28H,2-3,6,11-12,14-15H2,1H3;2*1-2H3. The Kier molecular flexibility index (Phi) is 13.4.